The van der Waals surface area contributed by atoms with Gasteiger partial charge < -0.3 is 5.32 Å². The van der Waals surface area contributed by atoms with Crippen molar-refractivity contribution in [2.45, 2.75) is 12.6 Å². The van der Waals surface area contributed by atoms with Crippen LogP contribution in [0.25, 0.3) is 0 Å². The van der Waals surface area contributed by atoms with E-state index in [1.807, 2.05) is 36.4 Å². The summed E-state index contributed by atoms with van der Waals surface area (Å²) >= 11 is 5.75. The number of pyridine rings is 1. The number of aromatic nitrogens is 1. The fourth-order valence-electron chi connectivity index (χ4n) is 1.88. The van der Waals surface area contributed by atoms with E-state index in [4.69, 9.17) is 11.6 Å². The lowest BCUT2D eigenvalue weighted by Crippen LogP contribution is -2.35. The van der Waals surface area contributed by atoms with E-state index in [0.29, 0.717) is 11.7 Å². The van der Waals surface area contributed by atoms with E-state index in [1.54, 1.807) is 19.3 Å². The molecule has 1 heterocycles. The van der Waals surface area contributed by atoms with Crippen molar-refractivity contribution in [3.05, 3.63) is 64.9 Å². The molecule has 1 atom stereocenters. The second-order valence-electron chi connectivity index (χ2n) is 4.33. The molecule has 0 aliphatic carbocycles. The zero-order valence-electron chi connectivity index (χ0n) is 11.1. The molecule has 5 heteroatoms. The number of likely N-dealkylation sites (N-methyl/N-ethyl adjacent to an activating group) is 1. The number of amides is 1. The topological polar surface area (TPSA) is 54.0 Å². The number of carbonyl (C=O) groups excluding carboxylic acids is 1. The summed E-state index contributed by atoms with van der Waals surface area (Å²) in [5.41, 5.74) is 1.90. The van der Waals surface area contributed by atoms with Crippen LogP contribution in [0, 0.1) is 0 Å². The third-order valence-electron chi connectivity index (χ3n) is 2.94. The molecule has 2 N–H and O–H groups in total. The number of carbonyl (C=O) groups is 1. The smallest absolute Gasteiger partial charge is 0.241 e. The molecule has 0 bridgehead atoms. The van der Waals surface area contributed by atoms with Crippen molar-refractivity contribution in [3.8, 4) is 0 Å². The molecule has 2 aromatic rings. The van der Waals surface area contributed by atoms with Crippen molar-refractivity contribution in [1.29, 1.82) is 0 Å². The Balaban J connectivity index is 2.09. The van der Waals surface area contributed by atoms with Gasteiger partial charge in [-0.1, -0.05) is 48.0 Å². The van der Waals surface area contributed by atoms with E-state index in [-0.39, 0.29) is 5.91 Å². The van der Waals surface area contributed by atoms with Crippen LogP contribution in [0.3, 0.4) is 0 Å². The molecule has 0 spiro atoms. The monoisotopic (exact) mass is 289 g/mol. The Bertz CT molecular complexity index is 557. The fraction of sp³-hybridized carbons (Fsp3) is 0.200. The van der Waals surface area contributed by atoms with Crippen LogP contribution >= 0.6 is 11.6 Å². The summed E-state index contributed by atoms with van der Waals surface area (Å²) in [7, 11) is 1.63. The Kier molecular flexibility index (Phi) is 5.09. The van der Waals surface area contributed by atoms with E-state index < -0.39 is 6.04 Å². The van der Waals surface area contributed by atoms with Crippen molar-refractivity contribution in [3.63, 3.8) is 0 Å². The first-order valence-electron chi connectivity index (χ1n) is 6.31. The first-order valence-corrected chi connectivity index (χ1v) is 6.69. The van der Waals surface area contributed by atoms with Crippen LogP contribution in [0.1, 0.15) is 17.2 Å². The molecule has 0 saturated heterocycles. The maximum absolute atomic E-state index is 12.0. The van der Waals surface area contributed by atoms with Crippen molar-refractivity contribution in [1.82, 2.24) is 15.6 Å². The molecule has 2 rings (SSSR count). The van der Waals surface area contributed by atoms with Crippen molar-refractivity contribution < 1.29 is 4.79 Å². The van der Waals surface area contributed by atoms with Crippen molar-refractivity contribution in [2.24, 2.45) is 0 Å². The van der Waals surface area contributed by atoms with E-state index in [1.165, 1.54) is 0 Å². The minimum atomic E-state index is -0.392. The molecule has 0 aliphatic rings. The Labute approximate surface area is 123 Å². The van der Waals surface area contributed by atoms with Gasteiger partial charge in [-0.25, -0.2) is 4.98 Å². The number of hydrogen-bond donors (Lipinski definition) is 2. The van der Waals surface area contributed by atoms with Gasteiger partial charge in [0.15, 0.2) is 0 Å². The minimum Gasteiger partial charge on any atom is -0.358 e. The number of benzene rings is 1. The Hall–Kier alpha value is -1.91. The minimum absolute atomic E-state index is 0.0712. The van der Waals surface area contributed by atoms with Gasteiger partial charge in [0.1, 0.15) is 11.2 Å². The van der Waals surface area contributed by atoms with Crippen LogP contribution in [0.15, 0.2) is 48.7 Å². The van der Waals surface area contributed by atoms with Crippen LogP contribution in [0.2, 0.25) is 5.15 Å². The predicted octanol–water partition coefficient (Wildman–Crippen LogP) is 2.31. The summed E-state index contributed by atoms with van der Waals surface area (Å²) in [5.74, 6) is -0.0712. The van der Waals surface area contributed by atoms with E-state index in [2.05, 4.69) is 15.6 Å². The highest BCUT2D eigenvalue weighted by atomic mass is 35.5. The zero-order chi connectivity index (χ0) is 14.4. The number of rotatable bonds is 5. The molecule has 0 fully saturated rings. The Morgan fingerprint density at radius 2 is 2.00 bits per heavy atom. The van der Waals surface area contributed by atoms with E-state index in [9.17, 15) is 4.79 Å². The van der Waals surface area contributed by atoms with Gasteiger partial charge in [0.05, 0.1) is 0 Å². The summed E-state index contributed by atoms with van der Waals surface area (Å²) in [5, 5.41) is 6.36. The summed E-state index contributed by atoms with van der Waals surface area (Å²) < 4.78 is 0. The highest BCUT2D eigenvalue weighted by Gasteiger charge is 2.18. The fourth-order valence-corrected chi connectivity index (χ4v) is 1.99. The first-order chi connectivity index (χ1) is 9.70. The normalized spacial score (nSPS) is 11.9. The summed E-state index contributed by atoms with van der Waals surface area (Å²) in [6, 6.07) is 12.8. The Morgan fingerprint density at radius 1 is 1.25 bits per heavy atom. The van der Waals surface area contributed by atoms with E-state index in [0.717, 1.165) is 11.1 Å². The average Bonchev–Trinajstić information content (AvgIpc) is 2.50. The SMILES string of the molecule is CNC(=O)C(NCc1ccc(Cl)nc1)c1ccccc1. The lowest BCUT2D eigenvalue weighted by Gasteiger charge is -2.17. The standard InChI is InChI=1S/C15H16ClN3O/c1-17-15(20)14(12-5-3-2-4-6-12)19-10-11-7-8-13(16)18-9-11/h2-9,14,19H,10H2,1H3,(H,17,20). The maximum Gasteiger partial charge on any atom is 0.241 e. The lowest BCUT2D eigenvalue weighted by atomic mass is 10.1. The van der Waals surface area contributed by atoms with Crippen LogP contribution in [-0.4, -0.2) is 17.9 Å². The molecule has 104 valence electrons. The molecule has 0 radical (unpaired) electrons. The summed E-state index contributed by atoms with van der Waals surface area (Å²) in [4.78, 5) is 16.0. The van der Waals surface area contributed by atoms with Crippen molar-refractivity contribution >= 4 is 17.5 Å². The molecule has 1 aromatic carbocycles. The van der Waals surface area contributed by atoms with Gasteiger partial charge in [-0.2, -0.15) is 0 Å². The molecule has 0 aliphatic heterocycles. The van der Waals surface area contributed by atoms with Gasteiger partial charge in [0.2, 0.25) is 5.91 Å². The lowest BCUT2D eigenvalue weighted by molar-refractivity contribution is -0.122. The Morgan fingerprint density at radius 3 is 2.60 bits per heavy atom. The maximum atomic E-state index is 12.0. The third kappa shape index (κ3) is 3.79. The van der Waals surface area contributed by atoms with Gasteiger partial charge in [0.25, 0.3) is 0 Å². The first kappa shape index (κ1) is 14.5. The second kappa shape index (κ2) is 7.03. The van der Waals surface area contributed by atoms with Gasteiger partial charge in [-0.3, -0.25) is 10.1 Å². The van der Waals surface area contributed by atoms with Crippen molar-refractivity contribution in [2.75, 3.05) is 7.05 Å². The molecule has 1 unspecified atom stereocenters. The predicted molar refractivity (Wildman–Crippen MR) is 79.3 cm³/mol. The van der Waals surface area contributed by atoms with Gasteiger partial charge in [-0.05, 0) is 17.2 Å². The quantitative estimate of drug-likeness (QED) is 0.831. The molecule has 0 saturated carbocycles. The van der Waals surface area contributed by atoms with E-state index >= 15 is 0 Å². The van der Waals surface area contributed by atoms with Crippen LogP contribution in [0.4, 0.5) is 0 Å². The summed E-state index contributed by atoms with van der Waals surface area (Å²) in [6.45, 7) is 0.539. The largest absolute Gasteiger partial charge is 0.358 e. The number of halogens is 1. The molecule has 4 nitrogen and oxygen atoms in total. The molecule has 1 amide bonds. The third-order valence-corrected chi connectivity index (χ3v) is 3.16. The van der Waals surface area contributed by atoms with Gasteiger partial charge in [0, 0.05) is 19.8 Å². The van der Waals surface area contributed by atoms with Crippen LogP contribution in [0.5, 0.6) is 0 Å². The molecule has 1 aromatic heterocycles. The molecule has 20 heavy (non-hydrogen) atoms. The molecular weight excluding hydrogens is 274 g/mol. The highest BCUT2D eigenvalue weighted by Crippen LogP contribution is 2.14. The van der Waals surface area contributed by atoms with Gasteiger partial charge >= 0.3 is 0 Å². The number of nitrogens with zero attached hydrogens (tertiary/aromatic N) is 1. The number of hydrogen-bond acceptors (Lipinski definition) is 3. The second-order valence-corrected chi connectivity index (χ2v) is 4.72. The summed E-state index contributed by atoms with van der Waals surface area (Å²) in [6.07, 6.45) is 1.70. The molecular formula is C15H16ClN3O. The van der Waals surface area contributed by atoms with Crippen LogP contribution < -0.4 is 10.6 Å². The highest BCUT2D eigenvalue weighted by molar-refractivity contribution is 6.29. The van der Waals surface area contributed by atoms with Crippen LogP contribution in [-0.2, 0) is 11.3 Å². The number of nitrogens with one attached hydrogen (secondary N) is 2. The zero-order valence-corrected chi connectivity index (χ0v) is 11.9. The van der Waals surface area contributed by atoms with Gasteiger partial charge in [-0.15, -0.1) is 0 Å². The average molecular weight is 290 g/mol.